The Balaban J connectivity index is 2.06. The van der Waals surface area contributed by atoms with E-state index in [4.69, 9.17) is 0 Å². The van der Waals surface area contributed by atoms with Crippen molar-refractivity contribution in [1.29, 1.82) is 0 Å². The van der Waals surface area contributed by atoms with Gasteiger partial charge in [-0.3, -0.25) is 4.79 Å². The topological polar surface area (TPSA) is 41.1 Å². The molecule has 0 bridgehead atoms. The van der Waals surface area contributed by atoms with Crippen LogP contribution in [0.25, 0.3) is 0 Å². The lowest BCUT2D eigenvalue weighted by Crippen LogP contribution is -2.27. The first kappa shape index (κ1) is 18.2. The van der Waals surface area contributed by atoms with E-state index >= 15 is 0 Å². The van der Waals surface area contributed by atoms with Gasteiger partial charge in [-0.25, -0.2) is 0 Å². The molecule has 1 amide bonds. The van der Waals surface area contributed by atoms with Gasteiger partial charge in [0.25, 0.3) is 0 Å². The lowest BCUT2D eigenvalue weighted by Gasteiger charge is -2.27. The minimum atomic E-state index is -0.0428. The maximum Gasteiger partial charge on any atom is 0.221 e. The fourth-order valence-corrected chi connectivity index (χ4v) is 3.11. The first-order chi connectivity index (χ1) is 11.6. The largest absolute Gasteiger partial charge is 0.326 e. The van der Waals surface area contributed by atoms with Crippen molar-refractivity contribution >= 4 is 11.6 Å². The van der Waals surface area contributed by atoms with Crippen molar-refractivity contribution in [2.45, 2.75) is 46.2 Å². The third kappa shape index (κ3) is 5.20. The van der Waals surface area contributed by atoms with Gasteiger partial charge in [0.05, 0.1) is 0 Å². The molecule has 0 aliphatic carbocycles. The Labute approximate surface area is 145 Å². The summed E-state index contributed by atoms with van der Waals surface area (Å²) in [7, 11) is 0. The number of anilines is 1. The van der Waals surface area contributed by atoms with Crippen molar-refractivity contribution < 1.29 is 4.79 Å². The van der Waals surface area contributed by atoms with Crippen LogP contribution in [-0.2, 0) is 11.3 Å². The van der Waals surface area contributed by atoms with E-state index in [0.717, 1.165) is 25.1 Å². The van der Waals surface area contributed by atoms with Gasteiger partial charge in [-0.1, -0.05) is 69.2 Å². The zero-order chi connectivity index (χ0) is 17.4. The highest BCUT2D eigenvalue weighted by atomic mass is 16.1. The van der Waals surface area contributed by atoms with Crippen LogP contribution in [0, 0.1) is 5.92 Å². The number of carbonyl (C=O) groups excluding carboxylic acids is 1. The fraction of sp³-hybridized carbons (Fsp3) is 0.381. The number of carbonyl (C=O) groups is 1. The second kappa shape index (κ2) is 9.24. The van der Waals surface area contributed by atoms with Gasteiger partial charge in [-0.15, -0.1) is 0 Å². The maximum atomic E-state index is 11.1. The minimum Gasteiger partial charge on any atom is -0.326 e. The number of hydrogen-bond donors (Lipinski definition) is 2. The summed E-state index contributed by atoms with van der Waals surface area (Å²) >= 11 is 0. The van der Waals surface area contributed by atoms with Gasteiger partial charge in [0.1, 0.15) is 0 Å². The van der Waals surface area contributed by atoms with Gasteiger partial charge in [0.2, 0.25) is 5.91 Å². The van der Waals surface area contributed by atoms with Gasteiger partial charge in [0.15, 0.2) is 0 Å². The molecular formula is C21H28N2O. The molecule has 0 radical (unpaired) electrons. The molecule has 1 atom stereocenters. The van der Waals surface area contributed by atoms with Gasteiger partial charge >= 0.3 is 0 Å². The molecule has 0 aliphatic rings. The van der Waals surface area contributed by atoms with Gasteiger partial charge in [-0.2, -0.15) is 0 Å². The van der Waals surface area contributed by atoms with Crippen molar-refractivity contribution in [2.24, 2.45) is 5.92 Å². The van der Waals surface area contributed by atoms with Gasteiger partial charge in [-0.05, 0) is 29.2 Å². The normalized spacial score (nSPS) is 12.2. The lowest BCUT2D eigenvalue weighted by atomic mass is 9.88. The molecule has 24 heavy (non-hydrogen) atoms. The highest BCUT2D eigenvalue weighted by Crippen LogP contribution is 2.27. The minimum absolute atomic E-state index is 0.0428. The number of nitrogens with one attached hydrogen (secondary N) is 2. The number of rotatable bonds is 8. The second-order valence-corrected chi connectivity index (χ2v) is 6.22. The van der Waals surface area contributed by atoms with Crippen molar-refractivity contribution in [3.63, 3.8) is 0 Å². The van der Waals surface area contributed by atoms with E-state index in [0.29, 0.717) is 12.0 Å². The zero-order valence-corrected chi connectivity index (χ0v) is 14.9. The molecule has 0 aliphatic heterocycles. The van der Waals surface area contributed by atoms with Crippen molar-refractivity contribution in [1.82, 2.24) is 5.32 Å². The van der Waals surface area contributed by atoms with E-state index in [1.165, 1.54) is 18.1 Å². The third-order valence-corrected chi connectivity index (χ3v) is 4.48. The molecule has 0 spiro atoms. The summed E-state index contributed by atoms with van der Waals surface area (Å²) in [5.41, 5.74) is 3.41. The van der Waals surface area contributed by atoms with E-state index in [2.05, 4.69) is 66.9 Å². The Morgan fingerprint density at radius 1 is 0.958 bits per heavy atom. The standard InChI is InChI=1S/C21H28N2O/c1-4-18(5-2)21(19-9-7-6-8-10-19)22-15-17-11-13-20(14-12-17)23-16(3)24/h6-14,18,21-22H,4-5,15H2,1-3H3,(H,23,24). The number of benzene rings is 2. The summed E-state index contributed by atoms with van der Waals surface area (Å²) in [5.74, 6) is 0.574. The number of hydrogen-bond acceptors (Lipinski definition) is 2. The SMILES string of the molecule is CCC(CC)C(NCc1ccc(NC(C)=O)cc1)c1ccccc1. The second-order valence-electron chi connectivity index (χ2n) is 6.22. The predicted molar refractivity (Wildman–Crippen MR) is 101 cm³/mol. The fourth-order valence-electron chi connectivity index (χ4n) is 3.11. The Morgan fingerprint density at radius 2 is 1.58 bits per heavy atom. The summed E-state index contributed by atoms with van der Waals surface area (Å²) in [4.78, 5) is 11.1. The molecule has 2 rings (SSSR count). The van der Waals surface area contributed by atoms with Crippen LogP contribution < -0.4 is 10.6 Å². The smallest absolute Gasteiger partial charge is 0.221 e. The van der Waals surface area contributed by atoms with Crippen LogP contribution >= 0.6 is 0 Å². The molecule has 0 heterocycles. The summed E-state index contributed by atoms with van der Waals surface area (Å²) in [6, 6.07) is 19.1. The zero-order valence-electron chi connectivity index (χ0n) is 14.9. The maximum absolute atomic E-state index is 11.1. The average Bonchev–Trinajstić information content (AvgIpc) is 2.60. The highest BCUT2D eigenvalue weighted by molar-refractivity contribution is 5.88. The van der Waals surface area contributed by atoms with E-state index in [-0.39, 0.29) is 5.91 Å². The molecule has 2 aromatic rings. The Hall–Kier alpha value is -2.13. The molecule has 0 aromatic heterocycles. The molecule has 2 aromatic carbocycles. The predicted octanol–water partition coefficient (Wildman–Crippen LogP) is 4.91. The van der Waals surface area contributed by atoms with Crippen LogP contribution in [0.5, 0.6) is 0 Å². The monoisotopic (exact) mass is 324 g/mol. The van der Waals surface area contributed by atoms with E-state index in [1.54, 1.807) is 0 Å². The van der Waals surface area contributed by atoms with Crippen LogP contribution in [0.15, 0.2) is 54.6 Å². The summed E-state index contributed by atoms with van der Waals surface area (Å²) in [6.45, 7) is 6.86. The summed E-state index contributed by atoms with van der Waals surface area (Å²) in [6.07, 6.45) is 2.31. The van der Waals surface area contributed by atoms with E-state index in [1.807, 2.05) is 12.1 Å². The molecule has 3 nitrogen and oxygen atoms in total. The first-order valence-electron chi connectivity index (χ1n) is 8.78. The lowest BCUT2D eigenvalue weighted by molar-refractivity contribution is -0.114. The van der Waals surface area contributed by atoms with E-state index in [9.17, 15) is 4.79 Å². The van der Waals surface area contributed by atoms with Crippen molar-refractivity contribution in [3.05, 3.63) is 65.7 Å². The highest BCUT2D eigenvalue weighted by Gasteiger charge is 2.19. The molecule has 2 N–H and O–H groups in total. The van der Waals surface area contributed by atoms with Crippen LogP contribution in [0.1, 0.15) is 50.8 Å². The Morgan fingerprint density at radius 3 is 2.12 bits per heavy atom. The Kier molecular flexibility index (Phi) is 7.01. The summed E-state index contributed by atoms with van der Waals surface area (Å²) < 4.78 is 0. The molecular weight excluding hydrogens is 296 g/mol. The van der Waals surface area contributed by atoms with Crippen LogP contribution in [0.3, 0.4) is 0 Å². The third-order valence-electron chi connectivity index (χ3n) is 4.48. The molecule has 128 valence electrons. The van der Waals surface area contributed by atoms with Crippen molar-refractivity contribution in [2.75, 3.05) is 5.32 Å². The molecule has 1 unspecified atom stereocenters. The van der Waals surface area contributed by atoms with Gasteiger partial charge < -0.3 is 10.6 Å². The van der Waals surface area contributed by atoms with Crippen LogP contribution in [0.2, 0.25) is 0 Å². The summed E-state index contributed by atoms with van der Waals surface area (Å²) in [5, 5.41) is 6.53. The quantitative estimate of drug-likeness (QED) is 0.724. The average molecular weight is 324 g/mol. The first-order valence-corrected chi connectivity index (χ1v) is 8.78. The van der Waals surface area contributed by atoms with E-state index < -0.39 is 0 Å². The number of amides is 1. The molecule has 0 fully saturated rings. The molecule has 3 heteroatoms. The van der Waals surface area contributed by atoms with Crippen molar-refractivity contribution in [3.8, 4) is 0 Å². The van der Waals surface area contributed by atoms with Crippen LogP contribution in [-0.4, -0.2) is 5.91 Å². The molecule has 0 saturated heterocycles. The molecule has 0 saturated carbocycles. The van der Waals surface area contributed by atoms with Crippen LogP contribution in [0.4, 0.5) is 5.69 Å². The van der Waals surface area contributed by atoms with Gasteiger partial charge in [0, 0.05) is 25.2 Å². The Bertz CT molecular complexity index is 618.